The van der Waals surface area contributed by atoms with Crippen LogP contribution in [-0.4, -0.2) is 0 Å². The predicted octanol–water partition coefficient (Wildman–Crippen LogP) is 5.63. The molecular formula is C21H21NO. The summed E-state index contributed by atoms with van der Waals surface area (Å²) >= 11 is 0. The van der Waals surface area contributed by atoms with Gasteiger partial charge in [0, 0.05) is 11.4 Å². The summed E-state index contributed by atoms with van der Waals surface area (Å²) in [6.45, 7) is 4.85. The SMILES string of the molecule is Cc1cccc(Nc2ccc(OCc3ccccc3)cc2)c1C. The third kappa shape index (κ3) is 3.92. The molecule has 0 bridgehead atoms. The van der Waals surface area contributed by atoms with Gasteiger partial charge in [0.15, 0.2) is 0 Å². The molecule has 2 nitrogen and oxygen atoms in total. The summed E-state index contributed by atoms with van der Waals surface area (Å²) < 4.78 is 5.81. The molecule has 0 heterocycles. The van der Waals surface area contributed by atoms with Gasteiger partial charge in [0.1, 0.15) is 12.4 Å². The molecule has 0 amide bonds. The molecule has 0 fully saturated rings. The Kier molecular flexibility index (Phi) is 4.62. The van der Waals surface area contributed by atoms with Crippen molar-refractivity contribution in [1.29, 1.82) is 0 Å². The van der Waals surface area contributed by atoms with E-state index in [0.717, 1.165) is 17.1 Å². The number of hydrogen-bond donors (Lipinski definition) is 1. The van der Waals surface area contributed by atoms with Crippen molar-refractivity contribution in [2.75, 3.05) is 5.32 Å². The van der Waals surface area contributed by atoms with Crippen LogP contribution < -0.4 is 10.1 Å². The highest BCUT2D eigenvalue weighted by Gasteiger charge is 2.02. The van der Waals surface area contributed by atoms with E-state index in [1.807, 2.05) is 42.5 Å². The van der Waals surface area contributed by atoms with E-state index in [1.165, 1.54) is 16.7 Å². The Balaban J connectivity index is 1.64. The van der Waals surface area contributed by atoms with Crippen molar-refractivity contribution in [2.45, 2.75) is 20.5 Å². The number of rotatable bonds is 5. The predicted molar refractivity (Wildman–Crippen MR) is 96.4 cm³/mol. The normalized spacial score (nSPS) is 10.3. The van der Waals surface area contributed by atoms with Gasteiger partial charge in [-0.25, -0.2) is 0 Å². The average Bonchev–Trinajstić information content (AvgIpc) is 2.59. The van der Waals surface area contributed by atoms with E-state index in [9.17, 15) is 0 Å². The smallest absolute Gasteiger partial charge is 0.119 e. The standard InChI is InChI=1S/C21H21NO/c1-16-7-6-10-21(17(16)2)22-19-11-13-20(14-12-19)23-15-18-8-4-3-5-9-18/h3-14,22H,15H2,1-2H3. The minimum atomic E-state index is 0.588. The van der Waals surface area contributed by atoms with Gasteiger partial charge in [-0.05, 0) is 60.9 Å². The lowest BCUT2D eigenvalue weighted by atomic mass is 10.1. The maximum absolute atomic E-state index is 5.81. The van der Waals surface area contributed by atoms with E-state index in [-0.39, 0.29) is 0 Å². The van der Waals surface area contributed by atoms with Gasteiger partial charge in [-0.3, -0.25) is 0 Å². The fourth-order valence-electron chi connectivity index (χ4n) is 2.42. The van der Waals surface area contributed by atoms with Crippen molar-refractivity contribution in [1.82, 2.24) is 0 Å². The second-order valence-electron chi connectivity index (χ2n) is 5.67. The lowest BCUT2D eigenvalue weighted by molar-refractivity contribution is 0.306. The molecule has 3 rings (SSSR count). The largest absolute Gasteiger partial charge is 0.489 e. The lowest BCUT2D eigenvalue weighted by Gasteiger charge is -2.12. The minimum absolute atomic E-state index is 0.588. The molecular weight excluding hydrogens is 282 g/mol. The van der Waals surface area contributed by atoms with Crippen molar-refractivity contribution in [2.24, 2.45) is 0 Å². The van der Waals surface area contributed by atoms with E-state index in [4.69, 9.17) is 4.74 Å². The molecule has 3 aromatic rings. The summed E-state index contributed by atoms with van der Waals surface area (Å²) in [4.78, 5) is 0. The van der Waals surface area contributed by atoms with Crippen LogP contribution in [0.1, 0.15) is 16.7 Å². The highest BCUT2D eigenvalue weighted by atomic mass is 16.5. The molecule has 0 saturated heterocycles. The van der Waals surface area contributed by atoms with Crippen LogP contribution in [0.2, 0.25) is 0 Å². The Morgan fingerprint density at radius 1 is 0.783 bits per heavy atom. The van der Waals surface area contributed by atoms with E-state index in [0.29, 0.717) is 6.61 Å². The molecule has 0 spiro atoms. The molecule has 0 aliphatic carbocycles. The van der Waals surface area contributed by atoms with Crippen LogP contribution in [0.3, 0.4) is 0 Å². The second kappa shape index (κ2) is 7.01. The highest BCUT2D eigenvalue weighted by Crippen LogP contribution is 2.24. The quantitative estimate of drug-likeness (QED) is 0.660. The zero-order valence-corrected chi connectivity index (χ0v) is 13.5. The van der Waals surface area contributed by atoms with E-state index < -0.39 is 0 Å². The number of anilines is 2. The third-order valence-corrected chi connectivity index (χ3v) is 3.99. The van der Waals surface area contributed by atoms with E-state index in [2.05, 4.69) is 49.5 Å². The van der Waals surface area contributed by atoms with Crippen molar-refractivity contribution in [3.8, 4) is 5.75 Å². The minimum Gasteiger partial charge on any atom is -0.489 e. The number of nitrogens with one attached hydrogen (secondary N) is 1. The first-order chi connectivity index (χ1) is 11.2. The Labute approximate surface area is 137 Å². The number of hydrogen-bond acceptors (Lipinski definition) is 2. The first-order valence-corrected chi connectivity index (χ1v) is 7.82. The van der Waals surface area contributed by atoms with Crippen LogP contribution in [0.5, 0.6) is 5.75 Å². The molecule has 0 radical (unpaired) electrons. The number of ether oxygens (including phenoxy) is 1. The van der Waals surface area contributed by atoms with Crippen LogP contribution in [-0.2, 0) is 6.61 Å². The topological polar surface area (TPSA) is 21.3 Å². The number of aryl methyl sites for hydroxylation is 1. The molecule has 2 heteroatoms. The third-order valence-electron chi connectivity index (χ3n) is 3.99. The van der Waals surface area contributed by atoms with Crippen molar-refractivity contribution >= 4 is 11.4 Å². The summed E-state index contributed by atoms with van der Waals surface area (Å²) in [6, 6.07) is 24.6. The Bertz CT molecular complexity index is 764. The molecule has 0 saturated carbocycles. The molecule has 1 N–H and O–H groups in total. The Morgan fingerprint density at radius 3 is 2.26 bits per heavy atom. The Morgan fingerprint density at radius 2 is 1.52 bits per heavy atom. The highest BCUT2D eigenvalue weighted by molar-refractivity contribution is 5.64. The monoisotopic (exact) mass is 303 g/mol. The zero-order valence-electron chi connectivity index (χ0n) is 13.5. The molecule has 0 aromatic heterocycles. The van der Waals surface area contributed by atoms with Gasteiger partial charge in [0.25, 0.3) is 0 Å². The van der Waals surface area contributed by atoms with Gasteiger partial charge in [-0.2, -0.15) is 0 Å². The van der Waals surface area contributed by atoms with Crippen LogP contribution in [0.15, 0.2) is 72.8 Å². The lowest BCUT2D eigenvalue weighted by Crippen LogP contribution is -1.96. The van der Waals surface area contributed by atoms with Crippen molar-refractivity contribution < 1.29 is 4.74 Å². The number of benzene rings is 3. The van der Waals surface area contributed by atoms with Crippen molar-refractivity contribution in [3.63, 3.8) is 0 Å². The van der Waals surface area contributed by atoms with Gasteiger partial charge in [0.05, 0.1) is 0 Å². The molecule has 116 valence electrons. The van der Waals surface area contributed by atoms with Crippen LogP contribution in [0.4, 0.5) is 11.4 Å². The van der Waals surface area contributed by atoms with Gasteiger partial charge < -0.3 is 10.1 Å². The summed E-state index contributed by atoms with van der Waals surface area (Å²) in [5.41, 5.74) is 5.94. The molecule has 3 aromatic carbocycles. The summed E-state index contributed by atoms with van der Waals surface area (Å²) in [5, 5.41) is 3.46. The van der Waals surface area contributed by atoms with Crippen LogP contribution >= 0.6 is 0 Å². The first-order valence-electron chi connectivity index (χ1n) is 7.82. The zero-order chi connectivity index (χ0) is 16.1. The molecule has 23 heavy (non-hydrogen) atoms. The average molecular weight is 303 g/mol. The van der Waals surface area contributed by atoms with Crippen LogP contribution in [0.25, 0.3) is 0 Å². The fraction of sp³-hybridized carbons (Fsp3) is 0.143. The molecule has 0 unspecified atom stereocenters. The molecule has 0 aliphatic heterocycles. The summed E-state index contributed by atoms with van der Waals surface area (Å²) in [6.07, 6.45) is 0. The van der Waals surface area contributed by atoms with Crippen LogP contribution in [0, 0.1) is 13.8 Å². The van der Waals surface area contributed by atoms with Crippen molar-refractivity contribution in [3.05, 3.63) is 89.5 Å². The summed E-state index contributed by atoms with van der Waals surface area (Å²) in [5.74, 6) is 0.875. The molecule has 0 aliphatic rings. The first kappa shape index (κ1) is 15.2. The fourth-order valence-corrected chi connectivity index (χ4v) is 2.42. The van der Waals surface area contributed by atoms with Gasteiger partial charge in [-0.1, -0.05) is 42.5 Å². The van der Waals surface area contributed by atoms with E-state index in [1.54, 1.807) is 0 Å². The Hall–Kier alpha value is -2.74. The van der Waals surface area contributed by atoms with Gasteiger partial charge in [-0.15, -0.1) is 0 Å². The second-order valence-corrected chi connectivity index (χ2v) is 5.67. The van der Waals surface area contributed by atoms with Gasteiger partial charge >= 0.3 is 0 Å². The maximum atomic E-state index is 5.81. The van der Waals surface area contributed by atoms with Gasteiger partial charge in [0.2, 0.25) is 0 Å². The molecule has 0 atom stereocenters. The van der Waals surface area contributed by atoms with E-state index >= 15 is 0 Å². The summed E-state index contributed by atoms with van der Waals surface area (Å²) in [7, 11) is 0. The maximum Gasteiger partial charge on any atom is 0.119 e.